The molecule has 2 aliphatic heterocycles. The Labute approximate surface area is 177 Å². The highest BCUT2D eigenvalue weighted by molar-refractivity contribution is 5.97. The molecule has 1 saturated heterocycles. The minimum atomic E-state index is 0.132. The fourth-order valence-electron chi connectivity index (χ4n) is 4.31. The number of benzene rings is 1. The highest BCUT2D eigenvalue weighted by Crippen LogP contribution is 2.22. The Hall–Kier alpha value is -2.71. The van der Waals surface area contributed by atoms with Crippen LogP contribution in [0.25, 0.3) is 0 Å². The first-order chi connectivity index (χ1) is 14.6. The summed E-state index contributed by atoms with van der Waals surface area (Å²) in [7, 11) is 1.91. The molecule has 8 heteroatoms. The molecule has 30 heavy (non-hydrogen) atoms. The molecule has 160 valence electrons. The zero-order chi connectivity index (χ0) is 21.1. The van der Waals surface area contributed by atoms with Crippen molar-refractivity contribution in [1.82, 2.24) is 24.5 Å². The largest absolute Gasteiger partial charge is 0.357 e. The lowest BCUT2D eigenvalue weighted by Crippen LogP contribution is -2.49. The van der Waals surface area contributed by atoms with Crippen molar-refractivity contribution in [1.29, 1.82) is 0 Å². The first-order valence-corrected chi connectivity index (χ1v) is 10.5. The fraction of sp³-hybridized carbons (Fsp3) is 0.500. The summed E-state index contributed by atoms with van der Waals surface area (Å²) >= 11 is 0. The molecule has 0 aliphatic carbocycles. The highest BCUT2D eigenvalue weighted by atomic mass is 16.6. The van der Waals surface area contributed by atoms with Gasteiger partial charge in [-0.1, -0.05) is 23.4 Å². The molecule has 0 N–H and O–H groups in total. The van der Waals surface area contributed by atoms with Crippen molar-refractivity contribution < 1.29 is 9.63 Å². The molecule has 1 amide bonds. The molecule has 0 bridgehead atoms. The summed E-state index contributed by atoms with van der Waals surface area (Å²) in [6, 6.07) is 7.96. The number of rotatable bonds is 7. The van der Waals surface area contributed by atoms with Crippen molar-refractivity contribution in [2.75, 3.05) is 45.8 Å². The first-order valence-electron chi connectivity index (χ1n) is 10.5. The molecule has 0 radical (unpaired) electrons. The van der Waals surface area contributed by atoms with E-state index in [1.165, 1.54) is 0 Å². The summed E-state index contributed by atoms with van der Waals surface area (Å²) in [6.45, 7) is 12.7. The standard InChI is InChI=1S/C22H30N6O2/c1-17-21-19(24-25(17)3)8-9-28(22(21)29)15-14-26-10-12-27(13-11-26)16-18-6-4-5-7-20(18)30-23-2/h4-7H,2,8-16H2,1,3H3. The van der Waals surface area contributed by atoms with Gasteiger partial charge in [-0.2, -0.15) is 5.10 Å². The smallest absolute Gasteiger partial charge is 0.257 e. The molecule has 1 aromatic heterocycles. The van der Waals surface area contributed by atoms with E-state index in [1.807, 2.05) is 41.8 Å². The number of hydrogen-bond acceptors (Lipinski definition) is 6. The van der Waals surface area contributed by atoms with Crippen LogP contribution in [0.3, 0.4) is 0 Å². The number of aryl methyl sites for hydroxylation is 1. The van der Waals surface area contributed by atoms with Gasteiger partial charge in [0.05, 0.1) is 11.3 Å². The Bertz CT molecular complexity index is 916. The van der Waals surface area contributed by atoms with E-state index in [4.69, 9.17) is 4.84 Å². The summed E-state index contributed by atoms with van der Waals surface area (Å²) in [5.41, 5.74) is 3.84. The second-order valence-electron chi connectivity index (χ2n) is 8.02. The molecule has 1 fully saturated rings. The number of piperazine rings is 1. The monoisotopic (exact) mass is 410 g/mol. The minimum Gasteiger partial charge on any atom is -0.357 e. The van der Waals surface area contributed by atoms with Crippen molar-refractivity contribution in [3.63, 3.8) is 0 Å². The van der Waals surface area contributed by atoms with Crippen LogP contribution in [0.5, 0.6) is 5.75 Å². The molecule has 0 atom stereocenters. The van der Waals surface area contributed by atoms with Crippen molar-refractivity contribution >= 4 is 12.6 Å². The zero-order valence-electron chi connectivity index (χ0n) is 17.9. The molecule has 0 unspecified atom stereocenters. The maximum Gasteiger partial charge on any atom is 0.257 e. The number of oxime groups is 1. The Balaban J connectivity index is 1.26. The van der Waals surface area contributed by atoms with Gasteiger partial charge >= 0.3 is 0 Å². The normalized spacial score (nSPS) is 17.8. The minimum absolute atomic E-state index is 0.132. The van der Waals surface area contributed by atoms with E-state index in [2.05, 4.69) is 32.8 Å². The predicted octanol–water partition coefficient (Wildman–Crippen LogP) is 1.54. The molecule has 4 rings (SSSR count). The van der Waals surface area contributed by atoms with Gasteiger partial charge in [-0.05, 0) is 13.0 Å². The van der Waals surface area contributed by atoms with Crippen molar-refractivity contribution in [3.8, 4) is 5.75 Å². The maximum absolute atomic E-state index is 12.9. The van der Waals surface area contributed by atoms with Gasteiger partial charge in [-0.3, -0.25) is 19.3 Å². The molecule has 8 nitrogen and oxygen atoms in total. The molecule has 3 heterocycles. The Morgan fingerprint density at radius 1 is 1.10 bits per heavy atom. The van der Waals surface area contributed by atoms with Gasteiger partial charge in [0.2, 0.25) is 0 Å². The third kappa shape index (κ3) is 4.24. The zero-order valence-corrected chi connectivity index (χ0v) is 17.9. The second-order valence-corrected chi connectivity index (χ2v) is 8.02. The van der Waals surface area contributed by atoms with E-state index in [0.717, 1.165) is 87.0 Å². The van der Waals surface area contributed by atoms with Crippen molar-refractivity contribution in [2.45, 2.75) is 19.9 Å². The Kier molecular flexibility index (Phi) is 6.15. The van der Waals surface area contributed by atoms with Gasteiger partial charge in [0.15, 0.2) is 5.75 Å². The van der Waals surface area contributed by atoms with Crippen LogP contribution in [-0.2, 0) is 20.0 Å². The SMILES string of the molecule is C=NOc1ccccc1CN1CCN(CCN2CCc3nn(C)c(C)c3C2=O)CC1. The lowest BCUT2D eigenvalue weighted by Gasteiger charge is -2.36. The Morgan fingerprint density at radius 3 is 2.60 bits per heavy atom. The molecule has 0 spiro atoms. The number of fused-ring (bicyclic) bond motifs is 1. The average Bonchev–Trinajstić information content (AvgIpc) is 3.04. The lowest BCUT2D eigenvalue weighted by molar-refractivity contribution is 0.0685. The second kappa shape index (κ2) is 8.97. The van der Waals surface area contributed by atoms with Crippen LogP contribution in [0.4, 0.5) is 0 Å². The third-order valence-electron chi connectivity index (χ3n) is 6.21. The van der Waals surface area contributed by atoms with Crippen LogP contribution in [-0.4, -0.2) is 82.9 Å². The lowest BCUT2D eigenvalue weighted by atomic mass is 10.0. The maximum atomic E-state index is 12.9. The van der Waals surface area contributed by atoms with E-state index in [-0.39, 0.29) is 5.91 Å². The number of aromatic nitrogens is 2. The van der Waals surface area contributed by atoms with Crippen LogP contribution in [0.15, 0.2) is 29.4 Å². The molecule has 2 aliphatic rings. The third-order valence-corrected chi connectivity index (χ3v) is 6.21. The highest BCUT2D eigenvalue weighted by Gasteiger charge is 2.30. The van der Waals surface area contributed by atoms with E-state index < -0.39 is 0 Å². The molecule has 0 saturated carbocycles. The van der Waals surface area contributed by atoms with Crippen LogP contribution < -0.4 is 4.84 Å². The molecular formula is C22H30N6O2. The number of hydrogen-bond donors (Lipinski definition) is 0. The Morgan fingerprint density at radius 2 is 1.83 bits per heavy atom. The summed E-state index contributed by atoms with van der Waals surface area (Å²) in [5.74, 6) is 0.900. The number of carbonyl (C=O) groups excluding carboxylic acids is 1. The van der Waals surface area contributed by atoms with Crippen LogP contribution in [0, 0.1) is 6.92 Å². The number of para-hydroxylation sites is 1. The van der Waals surface area contributed by atoms with E-state index in [1.54, 1.807) is 0 Å². The van der Waals surface area contributed by atoms with Crippen molar-refractivity contribution in [2.24, 2.45) is 12.2 Å². The van der Waals surface area contributed by atoms with Crippen LogP contribution in [0.1, 0.15) is 27.3 Å². The van der Waals surface area contributed by atoms with E-state index in [9.17, 15) is 4.79 Å². The van der Waals surface area contributed by atoms with Crippen LogP contribution >= 0.6 is 0 Å². The first kappa shape index (κ1) is 20.6. The fourth-order valence-corrected chi connectivity index (χ4v) is 4.31. The predicted molar refractivity (Wildman–Crippen MR) is 116 cm³/mol. The van der Waals surface area contributed by atoms with Crippen molar-refractivity contribution in [3.05, 3.63) is 46.8 Å². The van der Waals surface area contributed by atoms with Crippen LogP contribution in [0.2, 0.25) is 0 Å². The average molecular weight is 411 g/mol. The summed E-state index contributed by atoms with van der Waals surface area (Å²) in [4.78, 5) is 25.0. The van der Waals surface area contributed by atoms with E-state index >= 15 is 0 Å². The molecule has 2 aromatic rings. The summed E-state index contributed by atoms with van der Waals surface area (Å²) < 4.78 is 1.82. The quantitative estimate of drug-likeness (QED) is 0.512. The number of nitrogens with zero attached hydrogens (tertiary/aromatic N) is 6. The van der Waals surface area contributed by atoms with Gasteiger partial charge in [0, 0.05) is 83.8 Å². The topological polar surface area (TPSA) is 66.2 Å². The van der Waals surface area contributed by atoms with Gasteiger partial charge in [-0.15, -0.1) is 0 Å². The summed E-state index contributed by atoms with van der Waals surface area (Å²) in [6.07, 6.45) is 0.845. The number of carbonyl (C=O) groups is 1. The van der Waals surface area contributed by atoms with Gasteiger partial charge < -0.3 is 9.74 Å². The molecule has 1 aromatic carbocycles. The van der Waals surface area contributed by atoms with Gasteiger partial charge in [-0.25, -0.2) is 0 Å². The number of amides is 1. The summed E-state index contributed by atoms with van der Waals surface area (Å²) in [5, 5.41) is 8.03. The van der Waals surface area contributed by atoms with Gasteiger partial charge in [0.1, 0.15) is 0 Å². The van der Waals surface area contributed by atoms with E-state index in [0.29, 0.717) is 0 Å². The molecular weight excluding hydrogens is 380 g/mol. The van der Waals surface area contributed by atoms with Gasteiger partial charge in [0.25, 0.3) is 5.91 Å².